The van der Waals surface area contributed by atoms with Gasteiger partial charge in [0.05, 0.1) is 21.8 Å². The number of amides is 1. The van der Waals surface area contributed by atoms with Crippen LogP contribution in [0.3, 0.4) is 0 Å². The zero-order valence-corrected chi connectivity index (χ0v) is 15.5. The smallest absolute Gasteiger partial charge is 0.244 e. The molecule has 4 nitrogen and oxygen atoms in total. The number of fused-ring (bicyclic) bond motifs is 1. The number of benzene rings is 1. The van der Waals surface area contributed by atoms with Crippen LogP contribution in [-0.2, 0) is 11.3 Å². The Hall–Kier alpha value is -1.26. The average Bonchev–Trinajstić information content (AvgIpc) is 2.80. The molecule has 126 valence electrons. The zero-order chi connectivity index (χ0) is 17.1. The molecule has 0 saturated heterocycles. The quantitative estimate of drug-likeness (QED) is 0.765. The van der Waals surface area contributed by atoms with Crippen LogP contribution in [0.15, 0.2) is 18.3 Å². The first-order chi connectivity index (χ1) is 10.8. The normalized spacial score (nSPS) is 11.7. The third-order valence-electron chi connectivity index (χ3n) is 3.49. The molecule has 0 saturated carbocycles. The largest absolute Gasteiger partial charge is 0.341 e. The second-order valence-corrected chi connectivity index (χ2v) is 7.53. The molecule has 23 heavy (non-hydrogen) atoms. The van der Waals surface area contributed by atoms with Gasteiger partial charge in [0.15, 0.2) is 0 Å². The van der Waals surface area contributed by atoms with Crippen molar-refractivity contribution < 1.29 is 4.79 Å². The standard InChI is InChI=1S/C17H23Cl2N3O/c1-11(2)8-21(9-12(3)4)17(23)10-22-16-6-15(19)14(18)5-13(16)7-20-22/h5-7,11-12H,8-10H2,1-4H3. The fourth-order valence-corrected chi connectivity index (χ4v) is 2.92. The van der Waals surface area contributed by atoms with Gasteiger partial charge < -0.3 is 4.90 Å². The molecule has 0 bridgehead atoms. The number of carbonyl (C=O) groups excluding carboxylic acids is 1. The van der Waals surface area contributed by atoms with Gasteiger partial charge in [-0.1, -0.05) is 50.9 Å². The maximum atomic E-state index is 12.7. The minimum Gasteiger partial charge on any atom is -0.341 e. The third kappa shape index (κ3) is 4.61. The highest BCUT2D eigenvalue weighted by Gasteiger charge is 2.18. The number of hydrogen-bond donors (Lipinski definition) is 0. The summed E-state index contributed by atoms with van der Waals surface area (Å²) in [4.78, 5) is 14.6. The summed E-state index contributed by atoms with van der Waals surface area (Å²) in [6, 6.07) is 3.53. The molecule has 0 fully saturated rings. The van der Waals surface area contributed by atoms with Gasteiger partial charge in [0.25, 0.3) is 0 Å². The van der Waals surface area contributed by atoms with Crippen LogP contribution in [0, 0.1) is 11.8 Å². The van der Waals surface area contributed by atoms with Crippen molar-refractivity contribution in [2.45, 2.75) is 34.2 Å². The van der Waals surface area contributed by atoms with Gasteiger partial charge in [0.2, 0.25) is 5.91 Å². The molecule has 1 heterocycles. The van der Waals surface area contributed by atoms with E-state index >= 15 is 0 Å². The van der Waals surface area contributed by atoms with Crippen molar-refractivity contribution in [3.05, 3.63) is 28.4 Å². The lowest BCUT2D eigenvalue weighted by Crippen LogP contribution is -2.39. The van der Waals surface area contributed by atoms with Crippen molar-refractivity contribution in [1.29, 1.82) is 0 Å². The SMILES string of the molecule is CC(C)CN(CC(C)C)C(=O)Cn1ncc2cc(Cl)c(Cl)cc21. The van der Waals surface area contributed by atoms with Crippen molar-refractivity contribution in [1.82, 2.24) is 14.7 Å². The lowest BCUT2D eigenvalue weighted by molar-refractivity contribution is -0.133. The Kier molecular flexibility index (Phi) is 5.93. The molecule has 0 aliphatic carbocycles. The lowest BCUT2D eigenvalue weighted by atomic mass is 10.1. The Bertz CT molecular complexity index is 684. The summed E-state index contributed by atoms with van der Waals surface area (Å²) < 4.78 is 1.69. The molecule has 0 atom stereocenters. The van der Waals surface area contributed by atoms with Crippen molar-refractivity contribution in [2.75, 3.05) is 13.1 Å². The van der Waals surface area contributed by atoms with Gasteiger partial charge in [-0.25, -0.2) is 0 Å². The van der Waals surface area contributed by atoms with E-state index in [0.717, 1.165) is 24.0 Å². The summed E-state index contributed by atoms with van der Waals surface area (Å²) in [5, 5.41) is 6.15. The van der Waals surface area contributed by atoms with E-state index in [1.807, 2.05) is 4.90 Å². The van der Waals surface area contributed by atoms with Gasteiger partial charge in [0.1, 0.15) is 6.54 Å². The van der Waals surface area contributed by atoms with E-state index in [1.54, 1.807) is 23.0 Å². The second-order valence-electron chi connectivity index (χ2n) is 6.71. The van der Waals surface area contributed by atoms with E-state index in [2.05, 4.69) is 32.8 Å². The van der Waals surface area contributed by atoms with Crippen LogP contribution in [-0.4, -0.2) is 33.7 Å². The van der Waals surface area contributed by atoms with Crippen molar-refractivity contribution in [3.63, 3.8) is 0 Å². The van der Waals surface area contributed by atoms with E-state index in [-0.39, 0.29) is 12.5 Å². The molecule has 0 radical (unpaired) electrons. The van der Waals surface area contributed by atoms with E-state index < -0.39 is 0 Å². The fourth-order valence-electron chi connectivity index (χ4n) is 2.59. The molecule has 0 unspecified atom stereocenters. The molecule has 1 amide bonds. The van der Waals surface area contributed by atoms with Crippen LogP contribution in [0.25, 0.3) is 10.9 Å². The Morgan fingerprint density at radius 3 is 2.26 bits per heavy atom. The lowest BCUT2D eigenvalue weighted by Gasteiger charge is -2.26. The van der Waals surface area contributed by atoms with E-state index in [1.165, 1.54) is 0 Å². The Labute approximate surface area is 147 Å². The van der Waals surface area contributed by atoms with Gasteiger partial charge in [-0.3, -0.25) is 9.48 Å². The van der Waals surface area contributed by atoms with Crippen LogP contribution in [0.2, 0.25) is 10.0 Å². The van der Waals surface area contributed by atoms with Gasteiger partial charge in [0, 0.05) is 18.5 Å². The highest BCUT2D eigenvalue weighted by molar-refractivity contribution is 6.42. The van der Waals surface area contributed by atoms with Crippen LogP contribution < -0.4 is 0 Å². The molecule has 1 aromatic carbocycles. The first-order valence-corrected chi connectivity index (χ1v) is 8.61. The Balaban J connectivity index is 2.22. The maximum Gasteiger partial charge on any atom is 0.244 e. The van der Waals surface area contributed by atoms with E-state index in [0.29, 0.717) is 21.9 Å². The number of nitrogens with zero attached hydrogens (tertiary/aromatic N) is 3. The second kappa shape index (κ2) is 7.54. The van der Waals surface area contributed by atoms with Crippen LogP contribution in [0.1, 0.15) is 27.7 Å². The Morgan fingerprint density at radius 2 is 1.70 bits per heavy atom. The summed E-state index contributed by atoms with van der Waals surface area (Å²) in [6.07, 6.45) is 1.71. The fraction of sp³-hybridized carbons (Fsp3) is 0.529. The summed E-state index contributed by atoms with van der Waals surface area (Å²) >= 11 is 12.1. The molecule has 0 aliphatic rings. The first-order valence-electron chi connectivity index (χ1n) is 7.86. The first kappa shape index (κ1) is 18.1. The molecule has 0 N–H and O–H groups in total. The van der Waals surface area contributed by atoms with Crippen LogP contribution in [0.5, 0.6) is 0 Å². The van der Waals surface area contributed by atoms with Crippen molar-refractivity contribution in [2.24, 2.45) is 11.8 Å². The molecule has 1 aromatic heterocycles. The van der Waals surface area contributed by atoms with E-state index in [9.17, 15) is 4.79 Å². The highest BCUT2D eigenvalue weighted by atomic mass is 35.5. The monoisotopic (exact) mass is 355 g/mol. The molecule has 2 rings (SSSR count). The summed E-state index contributed by atoms with van der Waals surface area (Å²) in [5.41, 5.74) is 0.821. The van der Waals surface area contributed by atoms with Gasteiger partial charge >= 0.3 is 0 Å². The van der Waals surface area contributed by atoms with Gasteiger partial charge in [-0.2, -0.15) is 5.10 Å². The molecule has 6 heteroatoms. The predicted octanol–water partition coefficient (Wildman–Crippen LogP) is 4.48. The van der Waals surface area contributed by atoms with Crippen LogP contribution >= 0.6 is 23.2 Å². The van der Waals surface area contributed by atoms with Crippen molar-refractivity contribution >= 4 is 40.0 Å². The molecule has 2 aromatic rings. The molecular weight excluding hydrogens is 333 g/mol. The third-order valence-corrected chi connectivity index (χ3v) is 4.21. The highest BCUT2D eigenvalue weighted by Crippen LogP contribution is 2.27. The average molecular weight is 356 g/mol. The number of carbonyl (C=O) groups is 1. The molecule has 0 aliphatic heterocycles. The van der Waals surface area contributed by atoms with Crippen molar-refractivity contribution in [3.8, 4) is 0 Å². The predicted molar refractivity (Wildman–Crippen MR) is 96.0 cm³/mol. The summed E-state index contributed by atoms with van der Waals surface area (Å²) in [7, 11) is 0. The number of aromatic nitrogens is 2. The zero-order valence-electron chi connectivity index (χ0n) is 14.0. The van der Waals surface area contributed by atoms with E-state index in [4.69, 9.17) is 23.2 Å². The summed E-state index contributed by atoms with van der Waals surface area (Å²) in [5.74, 6) is 0.934. The number of rotatable bonds is 6. The topological polar surface area (TPSA) is 38.1 Å². The minimum absolute atomic E-state index is 0.0727. The minimum atomic E-state index is 0.0727. The molecular formula is C17H23Cl2N3O. The van der Waals surface area contributed by atoms with Gasteiger partial charge in [-0.05, 0) is 24.0 Å². The number of halogens is 2. The Morgan fingerprint density at radius 1 is 1.13 bits per heavy atom. The summed E-state index contributed by atoms with van der Waals surface area (Å²) in [6.45, 7) is 10.2. The van der Waals surface area contributed by atoms with Gasteiger partial charge in [-0.15, -0.1) is 0 Å². The molecule has 0 spiro atoms. The maximum absolute atomic E-state index is 12.7. The van der Waals surface area contributed by atoms with Crippen LogP contribution in [0.4, 0.5) is 0 Å². The number of hydrogen-bond acceptors (Lipinski definition) is 2.